The van der Waals surface area contributed by atoms with Gasteiger partial charge in [0.15, 0.2) is 0 Å². The van der Waals surface area contributed by atoms with Crippen molar-refractivity contribution < 1.29 is 19.1 Å². The summed E-state index contributed by atoms with van der Waals surface area (Å²) in [5.74, 6) is -1.07. The van der Waals surface area contributed by atoms with Crippen LogP contribution < -0.4 is 0 Å². The first-order chi connectivity index (χ1) is 6.38. The second-order valence-corrected chi connectivity index (χ2v) is 3.84. The van der Waals surface area contributed by atoms with Gasteiger partial charge < -0.3 is 9.47 Å². The van der Waals surface area contributed by atoms with E-state index in [9.17, 15) is 9.59 Å². The molecule has 1 fully saturated rings. The predicted octanol–water partition coefficient (Wildman–Crippen LogP) is 1.06. The monoisotopic (exact) mass is 198 g/mol. The van der Waals surface area contributed by atoms with Gasteiger partial charge in [0.05, 0.1) is 12.7 Å². The highest BCUT2D eigenvalue weighted by atomic mass is 16.6. The zero-order valence-electron chi connectivity index (χ0n) is 8.79. The average Bonchev–Trinajstić information content (AvgIpc) is 2.28. The molecule has 14 heavy (non-hydrogen) atoms. The Labute approximate surface area is 82.9 Å². The van der Waals surface area contributed by atoms with Crippen LogP contribution >= 0.6 is 0 Å². The molecule has 0 radical (unpaired) electrons. The molecule has 0 amide bonds. The fourth-order valence-electron chi connectivity index (χ4n) is 1.31. The number of carbonyl (C=O) groups is 2. The molecule has 0 aliphatic carbocycles. The first kappa shape index (κ1) is 10.8. The van der Waals surface area contributed by atoms with Crippen molar-refractivity contribution in [2.45, 2.75) is 26.4 Å². The Morgan fingerprint density at radius 3 is 2.50 bits per heavy atom. The van der Waals surface area contributed by atoms with Gasteiger partial charge in [0, 0.05) is 12.0 Å². The van der Waals surface area contributed by atoms with Gasteiger partial charge in [0.1, 0.15) is 5.60 Å². The molecule has 1 aliphatic heterocycles. The highest BCUT2D eigenvalue weighted by Crippen LogP contribution is 2.35. The number of ether oxygens (including phenoxy) is 2. The zero-order valence-corrected chi connectivity index (χ0v) is 8.79. The van der Waals surface area contributed by atoms with Crippen molar-refractivity contribution >= 4 is 11.9 Å². The number of rotatable bonds is 1. The maximum Gasteiger partial charge on any atom is 0.335 e. The third-order valence-electron chi connectivity index (χ3n) is 2.58. The van der Waals surface area contributed by atoms with Gasteiger partial charge in [-0.05, 0) is 13.8 Å². The summed E-state index contributed by atoms with van der Waals surface area (Å²) in [6.45, 7) is 5.47. The van der Waals surface area contributed by atoms with E-state index in [4.69, 9.17) is 4.74 Å². The van der Waals surface area contributed by atoms with Gasteiger partial charge >= 0.3 is 11.9 Å². The Bertz CT molecular complexity index is 301. The van der Waals surface area contributed by atoms with E-state index in [0.29, 0.717) is 5.57 Å². The molecule has 0 spiro atoms. The van der Waals surface area contributed by atoms with E-state index >= 15 is 0 Å². The van der Waals surface area contributed by atoms with Gasteiger partial charge in [-0.15, -0.1) is 0 Å². The number of hydrogen-bond acceptors (Lipinski definition) is 4. The molecule has 0 aromatic rings. The Hall–Kier alpha value is -1.32. The Kier molecular flexibility index (Phi) is 2.64. The van der Waals surface area contributed by atoms with Crippen LogP contribution in [0.4, 0.5) is 0 Å². The number of cyclic esters (lactones) is 1. The smallest absolute Gasteiger partial charge is 0.335 e. The van der Waals surface area contributed by atoms with Gasteiger partial charge in [-0.3, -0.25) is 0 Å². The lowest BCUT2D eigenvalue weighted by molar-refractivity contribution is -0.145. The van der Waals surface area contributed by atoms with Crippen molar-refractivity contribution in [2.24, 2.45) is 5.92 Å². The fourth-order valence-corrected chi connectivity index (χ4v) is 1.31. The molecule has 4 heteroatoms. The van der Waals surface area contributed by atoms with Gasteiger partial charge in [0.2, 0.25) is 0 Å². The van der Waals surface area contributed by atoms with Crippen LogP contribution in [0, 0.1) is 5.92 Å². The van der Waals surface area contributed by atoms with Gasteiger partial charge in [-0.25, -0.2) is 9.59 Å². The minimum absolute atomic E-state index is 0.103. The molecule has 0 saturated carbocycles. The standard InChI is InChI=1S/C10H14O4/c1-6-7(5-8(11)13-4)9(12)14-10(6,2)3/h5-6H,1-4H3/b7-5-. The van der Waals surface area contributed by atoms with Gasteiger partial charge in [-0.2, -0.15) is 0 Å². The predicted molar refractivity (Wildman–Crippen MR) is 49.4 cm³/mol. The normalized spacial score (nSPS) is 27.6. The molecule has 1 rings (SSSR count). The second kappa shape index (κ2) is 3.44. The van der Waals surface area contributed by atoms with Crippen molar-refractivity contribution in [3.05, 3.63) is 11.6 Å². The fraction of sp³-hybridized carbons (Fsp3) is 0.600. The minimum atomic E-state index is -0.545. The quantitative estimate of drug-likeness (QED) is 0.467. The van der Waals surface area contributed by atoms with Crippen LogP contribution in [0.2, 0.25) is 0 Å². The van der Waals surface area contributed by atoms with Crippen molar-refractivity contribution in [3.63, 3.8) is 0 Å². The van der Waals surface area contributed by atoms with Crippen LogP contribution in [0.3, 0.4) is 0 Å². The molecule has 4 nitrogen and oxygen atoms in total. The van der Waals surface area contributed by atoms with Gasteiger partial charge in [0.25, 0.3) is 0 Å². The molecule has 0 bridgehead atoms. The van der Waals surface area contributed by atoms with Crippen molar-refractivity contribution in [2.75, 3.05) is 7.11 Å². The number of methoxy groups -OCH3 is 1. The number of hydrogen-bond donors (Lipinski definition) is 0. The summed E-state index contributed by atoms with van der Waals surface area (Å²) in [6.07, 6.45) is 1.20. The molecule has 1 heterocycles. The number of esters is 2. The summed E-state index contributed by atoms with van der Waals surface area (Å²) < 4.78 is 9.56. The Morgan fingerprint density at radius 1 is 1.57 bits per heavy atom. The maximum absolute atomic E-state index is 11.4. The molecular weight excluding hydrogens is 184 g/mol. The molecule has 1 saturated heterocycles. The van der Waals surface area contributed by atoms with Gasteiger partial charge in [-0.1, -0.05) is 6.92 Å². The second-order valence-electron chi connectivity index (χ2n) is 3.84. The Balaban J connectivity index is 2.96. The van der Waals surface area contributed by atoms with Crippen LogP contribution in [-0.2, 0) is 19.1 Å². The van der Waals surface area contributed by atoms with E-state index in [1.54, 1.807) is 0 Å². The van der Waals surface area contributed by atoms with Crippen LogP contribution in [0.5, 0.6) is 0 Å². The molecule has 0 aromatic carbocycles. The summed E-state index contributed by atoms with van der Waals surface area (Å²) in [5, 5.41) is 0. The highest BCUT2D eigenvalue weighted by Gasteiger charge is 2.43. The van der Waals surface area contributed by atoms with Crippen molar-refractivity contribution in [3.8, 4) is 0 Å². The molecule has 78 valence electrons. The van der Waals surface area contributed by atoms with E-state index in [1.807, 2.05) is 20.8 Å². The minimum Gasteiger partial charge on any atom is -0.466 e. The third-order valence-corrected chi connectivity index (χ3v) is 2.58. The van der Waals surface area contributed by atoms with Crippen LogP contribution in [0.15, 0.2) is 11.6 Å². The first-order valence-corrected chi connectivity index (χ1v) is 4.41. The highest BCUT2D eigenvalue weighted by molar-refractivity contribution is 5.98. The average molecular weight is 198 g/mol. The SMILES string of the molecule is COC(=O)/C=C1\C(=O)OC(C)(C)C1C. The van der Waals surface area contributed by atoms with Crippen LogP contribution in [0.25, 0.3) is 0 Å². The van der Waals surface area contributed by atoms with Crippen molar-refractivity contribution in [1.29, 1.82) is 0 Å². The lowest BCUT2D eigenvalue weighted by Gasteiger charge is -2.20. The zero-order chi connectivity index (χ0) is 10.9. The van der Waals surface area contributed by atoms with E-state index in [0.717, 1.165) is 0 Å². The molecule has 1 atom stereocenters. The lowest BCUT2D eigenvalue weighted by Crippen LogP contribution is -2.25. The van der Waals surface area contributed by atoms with E-state index in [2.05, 4.69) is 4.74 Å². The first-order valence-electron chi connectivity index (χ1n) is 4.41. The molecule has 1 unspecified atom stereocenters. The van der Waals surface area contributed by atoms with Crippen LogP contribution in [0.1, 0.15) is 20.8 Å². The molecule has 1 aliphatic rings. The summed E-state index contributed by atoms with van der Waals surface area (Å²) >= 11 is 0. The summed E-state index contributed by atoms with van der Waals surface area (Å²) in [7, 11) is 1.27. The van der Waals surface area contributed by atoms with E-state index in [1.165, 1.54) is 13.2 Å². The largest absolute Gasteiger partial charge is 0.466 e. The molecule has 0 N–H and O–H groups in total. The summed E-state index contributed by atoms with van der Waals surface area (Å²) in [5.41, 5.74) is -0.168. The molecule has 0 aromatic heterocycles. The Morgan fingerprint density at radius 2 is 2.14 bits per heavy atom. The van der Waals surface area contributed by atoms with Crippen molar-refractivity contribution in [1.82, 2.24) is 0 Å². The molecular formula is C10H14O4. The summed E-state index contributed by atoms with van der Waals surface area (Å²) in [4.78, 5) is 22.3. The summed E-state index contributed by atoms with van der Waals surface area (Å²) in [6, 6.07) is 0. The lowest BCUT2D eigenvalue weighted by atomic mass is 9.89. The third kappa shape index (κ3) is 1.78. The maximum atomic E-state index is 11.4. The number of carbonyl (C=O) groups excluding carboxylic acids is 2. The van der Waals surface area contributed by atoms with Crippen LogP contribution in [-0.4, -0.2) is 24.6 Å². The van der Waals surface area contributed by atoms with E-state index in [-0.39, 0.29) is 5.92 Å². The topological polar surface area (TPSA) is 52.6 Å². The van der Waals surface area contributed by atoms with E-state index < -0.39 is 17.5 Å².